The molecule has 0 amide bonds. The maximum Gasteiger partial charge on any atom is 0.145 e. The lowest BCUT2D eigenvalue weighted by Gasteiger charge is -2.20. The molecule has 0 aliphatic carbocycles. The quantitative estimate of drug-likeness (QED) is 0.756. The van der Waals surface area contributed by atoms with Gasteiger partial charge in [-0.05, 0) is 56.2 Å². The Balaban J connectivity index is 2.24. The van der Waals surface area contributed by atoms with Crippen LogP contribution in [-0.4, -0.2) is 41.0 Å². The number of unbranched alkanes of at least 4 members (excludes halogenated alkanes) is 1. The number of anilines is 2. The molecule has 0 radical (unpaired) electrons. The van der Waals surface area contributed by atoms with Gasteiger partial charge in [0, 0.05) is 12.6 Å². The fraction of sp³-hybridized carbons (Fsp3) is 0.667. The van der Waals surface area contributed by atoms with Crippen molar-refractivity contribution in [2.24, 2.45) is 0 Å². The fourth-order valence-electron chi connectivity index (χ4n) is 1.46. The van der Waals surface area contributed by atoms with Crippen molar-refractivity contribution in [3.05, 3.63) is 10.8 Å². The van der Waals surface area contributed by atoms with Gasteiger partial charge < -0.3 is 16.0 Å². The van der Waals surface area contributed by atoms with Crippen molar-refractivity contribution in [2.75, 3.05) is 31.2 Å². The summed E-state index contributed by atoms with van der Waals surface area (Å²) >= 11 is 3.37. The Bertz CT molecular complexity index is 369. The van der Waals surface area contributed by atoms with E-state index in [1.54, 1.807) is 0 Å². The number of halogens is 1. The van der Waals surface area contributed by atoms with E-state index in [9.17, 15) is 0 Å². The Labute approximate surface area is 117 Å². The number of rotatable bonds is 7. The molecule has 0 saturated carbocycles. The zero-order valence-corrected chi connectivity index (χ0v) is 12.9. The van der Waals surface area contributed by atoms with Gasteiger partial charge in [-0.15, -0.1) is 0 Å². The highest BCUT2D eigenvalue weighted by Crippen LogP contribution is 2.23. The largest absolute Gasteiger partial charge is 0.383 e. The summed E-state index contributed by atoms with van der Waals surface area (Å²) in [6.45, 7) is 6.42. The molecule has 1 aromatic heterocycles. The van der Waals surface area contributed by atoms with Gasteiger partial charge >= 0.3 is 0 Å². The molecule has 6 heteroatoms. The summed E-state index contributed by atoms with van der Waals surface area (Å²) in [5.74, 6) is 1.23. The van der Waals surface area contributed by atoms with Crippen molar-refractivity contribution < 1.29 is 0 Å². The molecule has 1 heterocycles. The first kappa shape index (κ1) is 15.2. The molecular formula is C12H22BrN5. The summed E-state index contributed by atoms with van der Waals surface area (Å²) in [7, 11) is 2.15. The minimum Gasteiger partial charge on any atom is -0.383 e. The number of nitrogens with zero attached hydrogens (tertiary/aromatic N) is 3. The van der Waals surface area contributed by atoms with Crippen LogP contribution in [0.3, 0.4) is 0 Å². The molecular weight excluding hydrogens is 294 g/mol. The Kier molecular flexibility index (Phi) is 6.35. The molecule has 102 valence electrons. The van der Waals surface area contributed by atoms with Gasteiger partial charge in [0.15, 0.2) is 0 Å². The van der Waals surface area contributed by atoms with Crippen LogP contribution < -0.4 is 11.1 Å². The SMILES string of the molecule is CC(C)N(C)CCCCNc1ncnc(N)c1Br. The lowest BCUT2D eigenvalue weighted by Crippen LogP contribution is -2.27. The molecule has 0 atom stereocenters. The number of nitrogen functional groups attached to an aromatic ring is 1. The predicted octanol–water partition coefficient (Wildman–Crippen LogP) is 2.35. The van der Waals surface area contributed by atoms with Crippen LogP contribution in [0.4, 0.5) is 11.6 Å². The standard InChI is InChI=1S/C12H22BrN5/c1-9(2)18(3)7-5-4-6-15-12-10(13)11(14)16-8-17-12/h8-9H,4-7H2,1-3H3,(H3,14,15,16,17). The second-order valence-electron chi connectivity index (χ2n) is 4.63. The Hall–Kier alpha value is -0.880. The topological polar surface area (TPSA) is 67.1 Å². The number of nitrogens with two attached hydrogens (primary N) is 1. The number of aromatic nitrogens is 2. The molecule has 18 heavy (non-hydrogen) atoms. The first-order chi connectivity index (χ1) is 8.52. The van der Waals surface area contributed by atoms with Crippen LogP contribution in [0.15, 0.2) is 10.8 Å². The number of hydrogen-bond acceptors (Lipinski definition) is 5. The van der Waals surface area contributed by atoms with Crippen LogP contribution in [0.25, 0.3) is 0 Å². The van der Waals surface area contributed by atoms with E-state index < -0.39 is 0 Å². The van der Waals surface area contributed by atoms with Crippen molar-refractivity contribution >= 4 is 27.6 Å². The van der Waals surface area contributed by atoms with E-state index in [1.807, 2.05) is 0 Å². The Morgan fingerprint density at radius 1 is 1.39 bits per heavy atom. The molecule has 0 unspecified atom stereocenters. The second-order valence-corrected chi connectivity index (χ2v) is 5.42. The van der Waals surface area contributed by atoms with Gasteiger partial charge in [-0.25, -0.2) is 9.97 Å². The molecule has 0 bridgehead atoms. The molecule has 1 aromatic rings. The zero-order valence-electron chi connectivity index (χ0n) is 11.3. The molecule has 5 nitrogen and oxygen atoms in total. The van der Waals surface area contributed by atoms with Gasteiger partial charge in [-0.1, -0.05) is 0 Å². The average Bonchev–Trinajstić information content (AvgIpc) is 2.33. The Morgan fingerprint density at radius 2 is 2.11 bits per heavy atom. The third-order valence-corrected chi connectivity index (χ3v) is 3.71. The van der Waals surface area contributed by atoms with Gasteiger partial charge in [-0.3, -0.25) is 0 Å². The molecule has 0 fully saturated rings. The van der Waals surface area contributed by atoms with E-state index in [2.05, 4.69) is 57.0 Å². The fourth-order valence-corrected chi connectivity index (χ4v) is 1.80. The van der Waals surface area contributed by atoms with Gasteiger partial charge in [-0.2, -0.15) is 0 Å². The molecule has 0 aliphatic heterocycles. The molecule has 0 aromatic carbocycles. The molecule has 0 saturated heterocycles. The summed E-state index contributed by atoms with van der Waals surface area (Å²) in [5, 5.41) is 3.26. The first-order valence-corrected chi connectivity index (χ1v) is 7.01. The van der Waals surface area contributed by atoms with Gasteiger partial charge in [0.2, 0.25) is 0 Å². The van der Waals surface area contributed by atoms with Crippen LogP contribution in [0.1, 0.15) is 26.7 Å². The minimum atomic E-state index is 0.465. The van der Waals surface area contributed by atoms with Gasteiger partial charge in [0.05, 0.1) is 0 Å². The lowest BCUT2D eigenvalue weighted by molar-refractivity contribution is 0.269. The van der Waals surface area contributed by atoms with Gasteiger partial charge in [0.1, 0.15) is 22.4 Å². The average molecular weight is 316 g/mol. The number of nitrogens with one attached hydrogen (secondary N) is 1. The van der Waals surface area contributed by atoms with Crippen molar-refractivity contribution in [2.45, 2.75) is 32.7 Å². The predicted molar refractivity (Wildman–Crippen MR) is 79.6 cm³/mol. The van der Waals surface area contributed by atoms with Crippen LogP contribution in [0, 0.1) is 0 Å². The van der Waals surface area contributed by atoms with E-state index in [-0.39, 0.29) is 0 Å². The smallest absolute Gasteiger partial charge is 0.145 e. The highest BCUT2D eigenvalue weighted by molar-refractivity contribution is 9.10. The summed E-state index contributed by atoms with van der Waals surface area (Å²) in [6.07, 6.45) is 3.74. The highest BCUT2D eigenvalue weighted by Gasteiger charge is 2.05. The summed E-state index contributed by atoms with van der Waals surface area (Å²) in [6, 6.07) is 0.605. The molecule has 0 aliphatic rings. The third kappa shape index (κ3) is 4.78. The highest BCUT2D eigenvalue weighted by atomic mass is 79.9. The minimum absolute atomic E-state index is 0.465. The number of hydrogen-bond donors (Lipinski definition) is 2. The van der Waals surface area contributed by atoms with Crippen molar-refractivity contribution in [1.29, 1.82) is 0 Å². The molecule has 0 spiro atoms. The van der Waals surface area contributed by atoms with E-state index in [0.29, 0.717) is 11.9 Å². The van der Waals surface area contributed by atoms with Crippen molar-refractivity contribution in [1.82, 2.24) is 14.9 Å². The summed E-state index contributed by atoms with van der Waals surface area (Å²) in [5.41, 5.74) is 5.68. The van der Waals surface area contributed by atoms with Crippen LogP contribution in [-0.2, 0) is 0 Å². The first-order valence-electron chi connectivity index (χ1n) is 6.22. The Morgan fingerprint density at radius 3 is 2.78 bits per heavy atom. The van der Waals surface area contributed by atoms with Crippen LogP contribution in [0.5, 0.6) is 0 Å². The van der Waals surface area contributed by atoms with Gasteiger partial charge in [0.25, 0.3) is 0 Å². The van der Waals surface area contributed by atoms with E-state index in [0.717, 1.165) is 29.8 Å². The normalized spacial score (nSPS) is 11.2. The zero-order chi connectivity index (χ0) is 13.5. The van der Waals surface area contributed by atoms with E-state index in [4.69, 9.17) is 5.73 Å². The van der Waals surface area contributed by atoms with E-state index >= 15 is 0 Å². The van der Waals surface area contributed by atoms with Crippen LogP contribution in [0.2, 0.25) is 0 Å². The molecule has 3 N–H and O–H groups in total. The second kappa shape index (κ2) is 7.53. The summed E-state index contributed by atoms with van der Waals surface area (Å²) < 4.78 is 0.740. The third-order valence-electron chi connectivity index (χ3n) is 2.93. The maximum absolute atomic E-state index is 5.68. The monoisotopic (exact) mass is 315 g/mol. The lowest BCUT2D eigenvalue weighted by atomic mass is 10.2. The van der Waals surface area contributed by atoms with Crippen molar-refractivity contribution in [3.8, 4) is 0 Å². The van der Waals surface area contributed by atoms with Crippen molar-refractivity contribution in [3.63, 3.8) is 0 Å². The molecule has 1 rings (SSSR count). The maximum atomic E-state index is 5.68. The van der Waals surface area contributed by atoms with Crippen LogP contribution >= 0.6 is 15.9 Å². The van der Waals surface area contributed by atoms with E-state index in [1.165, 1.54) is 12.7 Å². The summed E-state index contributed by atoms with van der Waals surface area (Å²) in [4.78, 5) is 10.4.